The third-order valence-electron chi connectivity index (χ3n) is 3.61. The van der Waals surface area contributed by atoms with Gasteiger partial charge < -0.3 is 4.57 Å². The highest BCUT2D eigenvalue weighted by molar-refractivity contribution is 5.79. The van der Waals surface area contributed by atoms with E-state index in [2.05, 4.69) is 32.0 Å². The molecule has 0 N–H and O–H groups in total. The van der Waals surface area contributed by atoms with E-state index in [9.17, 15) is 4.79 Å². The van der Waals surface area contributed by atoms with E-state index in [-0.39, 0.29) is 5.56 Å². The second kappa shape index (κ2) is 4.74. The quantitative estimate of drug-likeness (QED) is 0.790. The van der Waals surface area contributed by atoms with Gasteiger partial charge in [0.25, 0.3) is 5.56 Å². The third-order valence-corrected chi connectivity index (χ3v) is 3.61. The Morgan fingerprint density at radius 2 is 1.82 bits per heavy atom. The molecule has 1 aromatic carbocycles. The van der Waals surface area contributed by atoms with Crippen molar-refractivity contribution in [2.45, 2.75) is 32.6 Å². The normalized spacial score (nSPS) is 11.3. The Labute approximate surface area is 102 Å². The number of benzene rings is 1. The Kier molecular flexibility index (Phi) is 3.32. The fraction of sp³-hybridized carbons (Fsp3) is 0.400. The molecular formula is C15H19NO. The lowest BCUT2D eigenvalue weighted by atomic mass is 9.93. The van der Waals surface area contributed by atoms with Gasteiger partial charge >= 0.3 is 0 Å². The van der Waals surface area contributed by atoms with Crippen molar-refractivity contribution in [3.8, 4) is 0 Å². The van der Waals surface area contributed by atoms with Crippen molar-refractivity contribution in [1.29, 1.82) is 0 Å². The van der Waals surface area contributed by atoms with Gasteiger partial charge in [0.2, 0.25) is 0 Å². The molecule has 0 aliphatic rings. The highest BCUT2D eigenvalue weighted by atomic mass is 16.1. The third kappa shape index (κ3) is 2.12. The Morgan fingerprint density at radius 1 is 1.12 bits per heavy atom. The van der Waals surface area contributed by atoms with Crippen molar-refractivity contribution in [1.82, 2.24) is 4.57 Å². The van der Waals surface area contributed by atoms with Gasteiger partial charge in [0.05, 0.1) is 5.52 Å². The van der Waals surface area contributed by atoms with Gasteiger partial charge in [-0.15, -0.1) is 0 Å². The van der Waals surface area contributed by atoms with Gasteiger partial charge in [-0.25, -0.2) is 0 Å². The van der Waals surface area contributed by atoms with E-state index in [1.807, 2.05) is 13.1 Å². The first-order valence-electron chi connectivity index (χ1n) is 6.27. The summed E-state index contributed by atoms with van der Waals surface area (Å²) in [6.45, 7) is 4.44. The van der Waals surface area contributed by atoms with Crippen LogP contribution >= 0.6 is 0 Å². The van der Waals surface area contributed by atoms with E-state index in [0.717, 1.165) is 23.7 Å². The summed E-state index contributed by atoms with van der Waals surface area (Å²) >= 11 is 0. The van der Waals surface area contributed by atoms with Gasteiger partial charge in [-0.2, -0.15) is 0 Å². The van der Waals surface area contributed by atoms with Gasteiger partial charge in [-0.3, -0.25) is 4.79 Å². The van der Waals surface area contributed by atoms with Crippen LogP contribution in [0.15, 0.2) is 35.1 Å². The zero-order chi connectivity index (χ0) is 12.4. The van der Waals surface area contributed by atoms with Crippen LogP contribution in [0.1, 0.15) is 38.2 Å². The molecule has 0 aliphatic heterocycles. The zero-order valence-corrected chi connectivity index (χ0v) is 10.7. The van der Waals surface area contributed by atoms with E-state index < -0.39 is 0 Å². The number of fused-ring (bicyclic) bond motifs is 1. The van der Waals surface area contributed by atoms with Crippen molar-refractivity contribution >= 4 is 10.9 Å². The molecule has 0 unspecified atom stereocenters. The summed E-state index contributed by atoms with van der Waals surface area (Å²) in [4.78, 5) is 11.5. The molecule has 1 aromatic heterocycles. The Hall–Kier alpha value is -1.57. The molecule has 0 spiro atoms. The molecule has 0 saturated carbocycles. The summed E-state index contributed by atoms with van der Waals surface area (Å²) in [6, 6.07) is 9.98. The van der Waals surface area contributed by atoms with Crippen LogP contribution in [-0.2, 0) is 7.05 Å². The minimum Gasteiger partial charge on any atom is -0.311 e. The maximum Gasteiger partial charge on any atom is 0.250 e. The summed E-state index contributed by atoms with van der Waals surface area (Å²) in [5, 5.41) is 1.15. The van der Waals surface area contributed by atoms with Gasteiger partial charge in [-0.1, -0.05) is 19.9 Å². The maximum atomic E-state index is 11.5. The lowest BCUT2D eigenvalue weighted by Crippen LogP contribution is -2.15. The topological polar surface area (TPSA) is 22.0 Å². The SMILES string of the molecule is CCC(CC)c1ccc2c(ccc(=O)n2C)c1. The van der Waals surface area contributed by atoms with Crippen molar-refractivity contribution in [3.05, 3.63) is 46.2 Å². The molecule has 2 nitrogen and oxygen atoms in total. The van der Waals surface area contributed by atoms with E-state index >= 15 is 0 Å². The molecule has 0 fully saturated rings. The molecule has 0 atom stereocenters. The van der Waals surface area contributed by atoms with Crippen LogP contribution in [0.5, 0.6) is 0 Å². The average molecular weight is 229 g/mol. The van der Waals surface area contributed by atoms with Gasteiger partial charge in [0.15, 0.2) is 0 Å². The highest BCUT2D eigenvalue weighted by Crippen LogP contribution is 2.25. The van der Waals surface area contributed by atoms with E-state index in [0.29, 0.717) is 5.92 Å². The first kappa shape index (κ1) is 11.9. The molecule has 90 valence electrons. The molecular weight excluding hydrogens is 210 g/mol. The fourth-order valence-corrected chi connectivity index (χ4v) is 2.42. The first-order valence-corrected chi connectivity index (χ1v) is 6.27. The van der Waals surface area contributed by atoms with Crippen molar-refractivity contribution < 1.29 is 0 Å². The van der Waals surface area contributed by atoms with E-state index in [1.165, 1.54) is 5.56 Å². The Bertz CT molecular complexity index is 579. The van der Waals surface area contributed by atoms with Crippen LogP contribution in [0.25, 0.3) is 10.9 Å². The van der Waals surface area contributed by atoms with Gasteiger partial charge in [0.1, 0.15) is 0 Å². The zero-order valence-electron chi connectivity index (χ0n) is 10.7. The summed E-state index contributed by atoms with van der Waals surface area (Å²) in [5.41, 5.74) is 2.43. The summed E-state index contributed by atoms with van der Waals surface area (Å²) in [7, 11) is 1.82. The van der Waals surface area contributed by atoms with Crippen LogP contribution in [0, 0.1) is 0 Å². The maximum absolute atomic E-state index is 11.5. The molecule has 1 heterocycles. The monoisotopic (exact) mass is 229 g/mol. The standard InChI is InChI=1S/C15H19NO/c1-4-11(5-2)12-6-8-14-13(10-12)7-9-15(17)16(14)3/h6-11H,4-5H2,1-3H3. The molecule has 0 bridgehead atoms. The van der Waals surface area contributed by atoms with Crippen LogP contribution in [0.4, 0.5) is 0 Å². The lowest BCUT2D eigenvalue weighted by Gasteiger charge is -2.14. The van der Waals surface area contributed by atoms with E-state index in [1.54, 1.807) is 10.6 Å². The predicted octanol–water partition coefficient (Wildman–Crippen LogP) is 3.44. The number of pyridine rings is 1. The van der Waals surface area contributed by atoms with Gasteiger partial charge in [-0.05, 0) is 47.9 Å². The summed E-state index contributed by atoms with van der Waals surface area (Å²) in [6.07, 6.45) is 2.32. The molecule has 0 aliphatic carbocycles. The van der Waals surface area contributed by atoms with Crippen LogP contribution in [0.3, 0.4) is 0 Å². The second-order valence-corrected chi connectivity index (χ2v) is 4.56. The number of rotatable bonds is 3. The molecule has 2 heteroatoms. The smallest absolute Gasteiger partial charge is 0.250 e. The predicted molar refractivity (Wildman–Crippen MR) is 72.5 cm³/mol. The molecule has 0 radical (unpaired) electrons. The largest absolute Gasteiger partial charge is 0.311 e. The second-order valence-electron chi connectivity index (χ2n) is 4.56. The molecule has 0 amide bonds. The molecule has 17 heavy (non-hydrogen) atoms. The number of aryl methyl sites for hydroxylation is 1. The van der Waals surface area contributed by atoms with Crippen molar-refractivity contribution in [2.75, 3.05) is 0 Å². The van der Waals surface area contributed by atoms with Crippen molar-refractivity contribution in [2.24, 2.45) is 7.05 Å². The van der Waals surface area contributed by atoms with Crippen LogP contribution in [0.2, 0.25) is 0 Å². The molecule has 2 aromatic rings. The number of nitrogens with zero attached hydrogens (tertiary/aromatic N) is 1. The summed E-state index contributed by atoms with van der Waals surface area (Å²) in [5.74, 6) is 0.622. The molecule has 2 rings (SSSR count). The first-order chi connectivity index (χ1) is 8.17. The minimum atomic E-state index is 0.0489. The Morgan fingerprint density at radius 3 is 2.47 bits per heavy atom. The number of aromatic nitrogens is 1. The van der Waals surface area contributed by atoms with E-state index in [4.69, 9.17) is 0 Å². The minimum absolute atomic E-state index is 0.0489. The lowest BCUT2D eigenvalue weighted by molar-refractivity contribution is 0.642. The Balaban J connectivity index is 2.59. The highest BCUT2D eigenvalue weighted by Gasteiger charge is 2.08. The number of hydrogen-bond acceptors (Lipinski definition) is 1. The van der Waals surface area contributed by atoms with Crippen LogP contribution < -0.4 is 5.56 Å². The van der Waals surface area contributed by atoms with Crippen molar-refractivity contribution in [3.63, 3.8) is 0 Å². The average Bonchev–Trinajstić information content (AvgIpc) is 2.35. The fourth-order valence-electron chi connectivity index (χ4n) is 2.42. The summed E-state index contributed by atoms with van der Waals surface area (Å²) < 4.78 is 1.70. The molecule has 0 saturated heterocycles. The number of hydrogen-bond donors (Lipinski definition) is 0. The van der Waals surface area contributed by atoms with Gasteiger partial charge in [0, 0.05) is 13.1 Å². The van der Waals surface area contributed by atoms with Crippen LogP contribution in [-0.4, -0.2) is 4.57 Å².